The minimum Gasteiger partial charge on any atom is -0.487 e. The lowest BCUT2D eigenvalue weighted by molar-refractivity contribution is 0.297. The molecule has 1 atom stereocenters. The van der Waals surface area contributed by atoms with Crippen LogP contribution in [-0.2, 0) is 6.61 Å². The smallest absolute Gasteiger partial charge is 0.193 e. The minimum atomic E-state index is -0.0453. The lowest BCUT2D eigenvalue weighted by Gasteiger charge is -2.14. The molecule has 0 amide bonds. The number of rotatable bonds is 4. The molecular formula is C15H17N3OS. The van der Waals surface area contributed by atoms with Crippen LogP contribution in [-0.4, -0.2) is 9.38 Å². The first kappa shape index (κ1) is 13.1. The van der Waals surface area contributed by atoms with Crippen LogP contribution in [0.3, 0.4) is 0 Å². The summed E-state index contributed by atoms with van der Waals surface area (Å²) in [6.07, 6.45) is 3.99. The largest absolute Gasteiger partial charge is 0.487 e. The zero-order valence-corrected chi connectivity index (χ0v) is 12.4. The number of thiazole rings is 1. The number of aromatic nitrogens is 2. The Morgan fingerprint density at radius 1 is 1.45 bits per heavy atom. The Kier molecular flexibility index (Phi) is 3.46. The number of hydrogen-bond donors (Lipinski definition) is 1. The second-order valence-electron chi connectivity index (χ2n) is 4.94. The van der Waals surface area contributed by atoms with Gasteiger partial charge in [-0.15, -0.1) is 11.3 Å². The molecular weight excluding hydrogens is 270 g/mol. The van der Waals surface area contributed by atoms with Gasteiger partial charge in [0.05, 0.1) is 5.69 Å². The van der Waals surface area contributed by atoms with Crippen molar-refractivity contribution in [2.75, 3.05) is 0 Å². The normalized spacial score (nSPS) is 12.8. The highest BCUT2D eigenvalue weighted by Gasteiger charge is 2.10. The predicted molar refractivity (Wildman–Crippen MR) is 81.2 cm³/mol. The number of nitrogens with two attached hydrogens (primary N) is 1. The molecule has 0 aliphatic heterocycles. The van der Waals surface area contributed by atoms with Crippen molar-refractivity contribution in [2.45, 2.75) is 26.5 Å². The molecule has 0 spiro atoms. The van der Waals surface area contributed by atoms with Gasteiger partial charge < -0.3 is 10.5 Å². The average molecular weight is 287 g/mol. The molecule has 1 aromatic carbocycles. The van der Waals surface area contributed by atoms with E-state index in [-0.39, 0.29) is 6.04 Å². The van der Waals surface area contributed by atoms with Crippen LogP contribution in [0.5, 0.6) is 5.75 Å². The van der Waals surface area contributed by atoms with E-state index in [1.165, 1.54) is 0 Å². The molecule has 20 heavy (non-hydrogen) atoms. The van der Waals surface area contributed by atoms with Gasteiger partial charge in [-0.05, 0) is 25.5 Å². The molecule has 104 valence electrons. The molecule has 4 nitrogen and oxygen atoms in total. The van der Waals surface area contributed by atoms with Gasteiger partial charge in [-0.3, -0.25) is 4.40 Å². The maximum atomic E-state index is 5.98. The minimum absolute atomic E-state index is 0.0453. The second-order valence-corrected chi connectivity index (χ2v) is 5.82. The van der Waals surface area contributed by atoms with Gasteiger partial charge in [0.15, 0.2) is 4.96 Å². The number of imidazole rings is 1. The van der Waals surface area contributed by atoms with Crippen LogP contribution in [0.15, 0.2) is 36.0 Å². The fraction of sp³-hybridized carbons (Fsp3) is 0.267. The lowest BCUT2D eigenvalue weighted by atomic mass is 10.1. The lowest BCUT2D eigenvalue weighted by Crippen LogP contribution is -2.08. The molecule has 0 fully saturated rings. The van der Waals surface area contributed by atoms with E-state index in [9.17, 15) is 0 Å². The van der Waals surface area contributed by atoms with E-state index in [1.807, 2.05) is 48.2 Å². The van der Waals surface area contributed by atoms with Crippen molar-refractivity contribution < 1.29 is 4.74 Å². The molecule has 1 unspecified atom stereocenters. The maximum Gasteiger partial charge on any atom is 0.193 e. The van der Waals surface area contributed by atoms with Gasteiger partial charge in [-0.1, -0.05) is 12.1 Å². The summed E-state index contributed by atoms with van der Waals surface area (Å²) in [5.41, 5.74) is 9.09. The Bertz CT molecular complexity index is 701. The van der Waals surface area contributed by atoms with E-state index in [2.05, 4.69) is 11.1 Å². The number of nitrogens with zero attached hydrogens (tertiary/aromatic N) is 2. The first-order valence-corrected chi connectivity index (χ1v) is 7.41. The molecule has 0 aliphatic carbocycles. The van der Waals surface area contributed by atoms with Gasteiger partial charge in [0.25, 0.3) is 0 Å². The zero-order valence-electron chi connectivity index (χ0n) is 11.5. The molecule has 0 saturated heterocycles. The van der Waals surface area contributed by atoms with Gasteiger partial charge in [0, 0.05) is 29.4 Å². The zero-order chi connectivity index (χ0) is 14.1. The van der Waals surface area contributed by atoms with Crippen LogP contribution in [0.4, 0.5) is 0 Å². The van der Waals surface area contributed by atoms with E-state index < -0.39 is 0 Å². The maximum absolute atomic E-state index is 5.98. The third-order valence-corrected chi connectivity index (χ3v) is 3.95. The summed E-state index contributed by atoms with van der Waals surface area (Å²) in [5, 5.41) is 2.02. The van der Waals surface area contributed by atoms with Crippen molar-refractivity contribution in [3.8, 4) is 5.75 Å². The average Bonchev–Trinajstić information content (AvgIpc) is 2.96. The quantitative estimate of drug-likeness (QED) is 0.801. The molecule has 0 radical (unpaired) electrons. The van der Waals surface area contributed by atoms with Crippen molar-refractivity contribution in [1.29, 1.82) is 0 Å². The molecule has 2 N–H and O–H groups in total. The number of fused-ring (bicyclic) bond motifs is 1. The first-order valence-electron chi connectivity index (χ1n) is 6.53. The predicted octanol–water partition coefficient (Wildman–Crippen LogP) is 3.30. The number of hydrogen-bond acceptors (Lipinski definition) is 4. The van der Waals surface area contributed by atoms with E-state index in [0.717, 1.165) is 27.5 Å². The summed E-state index contributed by atoms with van der Waals surface area (Å²) >= 11 is 1.62. The van der Waals surface area contributed by atoms with E-state index >= 15 is 0 Å². The highest BCUT2D eigenvalue weighted by molar-refractivity contribution is 7.15. The Balaban J connectivity index is 1.80. The highest BCUT2D eigenvalue weighted by Crippen LogP contribution is 2.26. The molecule has 3 rings (SSSR count). The van der Waals surface area contributed by atoms with Gasteiger partial charge in [0.1, 0.15) is 12.4 Å². The topological polar surface area (TPSA) is 52.5 Å². The Morgan fingerprint density at radius 2 is 2.30 bits per heavy atom. The summed E-state index contributed by atoms with van der Waals surface area (Å²) < 4.78 is 7.92. The Labute approximate surface area is 121 Å². The molecule has 3 aromatic rings. The third kappa shape index (κ3) is 2.55. The molecule has 2 aromatic heterocycles. The van der Waals surface area contributed by atoms with E-state index in [1.54, 1.807) is 11.3 Å². The summed E-state index contributed by atoms with van der Waals surface area (Å²) in [4.78, 5) is 5.50. The van der Waals surface area contributed by atoms with Crippen molar-refractivity contribution in [3.05, 3.63) is 52.8 Å². The molecule has 0 aliphatic rings. The van der Waals surface area contributed by atoms with E-state index in [0.29, 0.717) is 6.61 Å². The monoisotopic (exact) mass is 287 g/mol. The SMILES string of the molecule is Cc1ccc(C(C)N)c(OCc2cn3ccsc3n2)c1. The second kappa shape index (κ2) is 5.26. The molecule has 0 saturated carbocycles. The van der Waals surface area contributed by atoms with Gasteiger partial charge in [-0.25, -0.2) is 4.98 Å². The van der Waals surface area contributed by atoms with Gasteiger partial charge in [0.2, 0.25) is 0 Å². The van der Waals surface area contributed by atoms with Crippen LogP contribution >= 0.6 is 11.3 Å². The summed E-state index contributed by atoms with van der Waals surface area (Å²) in [5.74, 6) is 0.844. The molecule has 2 heterocycles. The highest BCUT2D eigenvalue weighted by atomic mass is 32.1. The molecule has 0 bridgehead atoms. The van der Waals surface area contributed by atoms with Crippen LogP contribution in [0.1, 0.15) is 29.8 Å². The van der Waals surface area contributed by atoms with Crippen LogP contribution in [0.2, 0.25) is 0 Å². The fourth-order valence-corrected chi connectivity index (χ4v) is 2.86. The van der Waals surface area contributed by atoms with Crippen LogP contribution < -0.4 is 10.5 Å². The van der Waals surface area contributed by atoms with Crippen molar-refractivity contribution in [2.24, 2.45) is 5.73 Å². The summed E-state index contributed by atoms with van der Waals surface area (Å²) in [6.45, 7) is 4.46. The Hall–Kier alpha value is -1.85. The number of benzene rings is 1. The van der Waals surface area contributed by atoms with Crippen LogP contribution in [0, 0.1) is 6.92 Å². The van der Waals surface area contributed by atoms with Crippen molar-refractivity contribution in [1.82, 2.24) is 9.38 Å². The van der Waals surface area contributed by atoms with Crippen molar-refractivity contribution >= 4 is 16.3 Å². The first-order chi connectivity index (χ1) is 9.63. The summed E-state index contributed by atoms with van der Waals surface area (Å²) in [6, 6.07) is 6.06. The summed E-state index contributed by atoms with van der Waals surface area (Å²) in [7, 11) is 0. The van der Waals surface area contributed by atoms with Crippen LogP contribution in [0.25, 0.3) is 4.96 Å². The fourth-order valence-electron chi connectivity index (χ4n) is 2.14. The van der Waals surface area contributed by atoms with E-state index in [4.69, 9.17) is 10.5 Å². The number of ether oxygens (including phenoxy) is 1. The van der Waals surface area contributed by atoms with Gasteiger partial charge in [-0.2, -0.15) is 0 Å². The number of aryl methyl sites for hydroxylation is 1. The molecule has 5 heteroatoms. The van der Waals surface area contributed by atoms with Crippen molar-refractivity contribution in [3.63, 3.8) is 0 Å². The van der Waals surface area contributed by atoms with Gasteiger partial charge >= 0.3 is 0 Å². The Morgan fingerprint density at radius 3 is 3.05 bits per heavy atom. The standard InChI is InChI=1S/C15H17N3OS/c1-10-3-4-13(11(2)16)14(7-10)19-9-12-8-18-5-6-20-15(18)17-12/h3-8,11H,9,16H2,1-2H3. The third-order valence-electron chi connectivity index (χ3n) is 3.18.